The van der Waals surface area contributed by atoms with E-state index in [2.05, 4.69) is 47.5 Å². The molecule has 0 atom stereocenters. The SMILES string of the molecule is CC(C)CN(CC(C)C)c1nc(N)nc(N)n1. The monoisotopic (exact) mass is 238 g/mol. The molecule has 0 saturated heterocycles. The molecule has 6 heteroatoms. The zero-order chi connectivity index (χ0) is 13.0. The standard InChI is InChI=1S/C11H22N6/c1-7(2)5-17(6-8(3)4)11-15-9(12)14-10(13)16-11/h7-8H,5-6H2,1-4H3,(H4,12,13,14,15,16). The highest BCUT2D eigenvalue weighted by molar-refractivity contribution is 5.39. The molecule has 96 valence electrons. The molecule has 17 heavy (non-hydrogen) atoms. The number of anilines is 3. The van der Waals surface area contributed by atoms with Crippen molar-refractivity contribution in [2.45, 2.75) is 27.7 Å². The largest absolute Gasteiger partial charge is 0.368 e. The summed E-state index contributed by atoms with van der Waals surface area (Å²) in [4.78, 5) is 14.2. The lowest BCUT2D eigenvalue weighted by Gasteiger charge is -2.26. The summed E-state index contributed by atoms with van der Waals surface area (Å²) < 4.78 is 0. The normalized spacial score (nSPS) is 11.2. The molecule has 0 aliphatic carbocycles. The number of nitrogen functional groups attached to an aromatic ring is 2. The fourth-order valence-electron chi connectivity index (χ4n) is 1.66. The predicted molar refractivity (Wildman–Crippen MR) is 70.5 cm³/mol. The minimum atomic E-state index is 0.171. The first-order valence-electron chi connectivity index (χ1n) is 5.90. The van der Waals surface area contributed by atoms with Crippen molar-refractivity contribution in [1.82, 2.24) is 15.0 Å². The summed E-state index contributed by atoms with van der Waals surface area (Å²) in [7, 11) is 0. The third-order valence-corrected chi connectivity index (χ3v) is 2.11. The van der Waals surface area contributed by atoms with Crippen LogP contribution in [-0.4, -0.2) is 28.0 Å². The van der Waals surface area contributed by atoms with E-state index in [0.717, 1.165) is 13.1 Å². The number of nitrogens with two attached hydrogens (primary N) is 2. The summed E-state index contributed by atoms with van der Waals surface area (Å²) in [5.41, 5.74) is 11.2. The Morgan fingerprint density at radius 3 is 1.65 bits per heavy atom. The van der Waals surface area contributed by atoms with Crippen molar-refractivity contribution >= 4 is 17.8 Å². The van der Waals surface area contributed by atoms with Gasteiger partial charge < -0.3 is 16.4 Å². The Balaban J connectivity index is 2.94. The van der Waals surface area contributed by atoms with E-state index in [4.69, 9.17) is 11.5 Å². The second-order valence-corrected chi connectivity index (χ2v) is 5.04. The van der Waals surface area contributed by atoms with Crippen molar-refractivity contribution in [1.29, 1.82) is 0 Å². The van der Waals surface area contributed by atoms with Crippen molar-refractivity contribution in [2.75, 3.05) is 29.5 Å². The molecule has 1 heterocycles. The van der Waals surface area contributed by atoms with Gasteiger partial charge in [0, 0.05) is 13.1 Å². The summed E-state index contributed by atoms with van der Waals surface area (Å²) in [6.07, 6.45) is 0. The van der Waals surface area contributed by atoms with Gasteiger partial charge in [0.05, 0.1) is 0 Å². The van der Waals surface area contributed by atoms with Crippen LogP contribution in [0.3, 0.4) is 0 Å². The molecule has 0 saturated carbocycles. The maximum Gasteiger partial charge on any atom is 0.231 e. The van der Waals surface area contributed by atoms with Crippen LogP contribution in [0.15, 0.2) is 0 Å². The van der Waals surface area contributed by atoms with E-state index in [0.29, 0.717) is 17.8 Å². The van der Waals surface area contributed by atoms with Gasteiger partial charge in [-0.2, -0.15) is 15.0 Å². The highest BCUT2D eigenvalue weighted by atomic mass is 15.3. The highest BCUT2D eigenvalue weighted by Gasteiger charge is 2.14. The number of nitrogens with zero attached hydrogens (tertiary/aromatic N) is 4. The van der Waals surface area contributed by atoms with Crippen LogP contribution in [-0.2, 0) is 0 Å². The van der Waals surface area contributed by atoms with Crippen LogP contribution >= 0.6 is 0 Å². The lowest BCUT2D eigenvalue weighted by atomic mass is 10.1. The van der Waals surface area contributed by atoms with Crippen LogP contribution in [0.25, 0.3) is 0 Å². The molecule has 1 aromatic rings. The van der Waals surface area contributed by atoms with Crippen molar-refractivity contribution in [3.8, 4) is 0 Å². The third-order valence-electron chi connectivity index (χ3n) is 2.11. The minimum Gasteiger partial charge on any atom is -0.368 e. The summed E-state index contributed by atoms with van der Waals surface area (Å²) in [5, 5.41) is 0. The van der Waals surface area contributed by atoms with Gasteiger partial charge in [0.25, 0.3) is 0 Å². The molecule has 1 aromatic heterocycles. The molecule has 6 nitrogen and oxygen atoms in total. The first-order chi connectivity index (χ1) is 7.88. The molecule has 0 bridgehead atoms. The minimum absolute atomic E-state index is 0.171. The van der Waals surface area contributed by atoms with Gasteiger partial charge in [-0.05, 0) is 11.8 Å². The third kappa shape index (κ3) is 4.42. The predicted octanol–water partition coefficient (Wildman–Crippen LogP) is 1.15. The Bertz CT molecular complexity index is 333. The average Bonchev–Trinajstić information content (AvgIpc) is 2.13. The van der Waals surface area contributed by atoms with Crippen LogP contribution in [0.4, 0.5) is 17.8 Å². The molecular formula is C11H22N6. The van der Waals surface area contributed by atoms with Gasteiger partial charge in [0.2, 0.25) is 17.8 Å². The van der Waals surface area contributed by atoms with Crippen LogP contribution in [0.1, 0.15) is 27.7 Å². The van der Waals surface area contributed by atoms with E-state index in [1.807, 2.05) is 0 Å². The molecular weight excluding hydrogens is 216 g/mol. The maximum absolute atomic E-state index is 5.59. The van der Waals surface area contributed by atoms with Crippen molar-refractivity contribution < 1.29 is 0 Å². The Hall–Kier alpha value is -1.59. The second kappa shape index (κ2) is 5.65. The Morgan fingerprint density at radius 2 is 1.29 bits per heavy atom. The van der Waals surface area contributed by atoms with E-state index < -0.39 is 0 Å². The fraction of sp³-hybridized carbons (Fsp3) is 0.727. The lowest BCUT2D eigenvalue weighted by Crippen LogP contribution is -2.33. The van der Waals surface area contributed by atoms with E-state index >= 15 is 0 Å². The Labute approximate surface area is 102 Å². The van der Waals surface area contributed by atoms with E-state index in [9.17, 15) is 0 Å². The summed E-state index contributed by atoms with van der Waals surface area (Å²) in [6.45, 7) is 10.4. The highest BCUT2D eigenvalue weighted by Crippen LogP contribution is 2.14. The first-order valence-corrected chi connectivity index (χ1v) is 5.90. The van der Waals surface area contributed by atoms with Crippen molar-refractivity contribution in [3.05, 3.63) is 0 Å². The first kappa shape index (κ1) is 13.5. The second-order valence-electron chi connectivity index (χ2n) is 5.04. The number of aromatic nitrogens is 3. The number of hydrogen-bond donors (Lipinski definition) is 2. The van der Waals surface area contributed by atoms with Gasteiger partial charge in [0.15, 0.2) is 0 Å². The molecule has 0 aromatic carbocycles. The van der Waals surface area contributed by atoms with Gasteiger partial charge in [-0.15, -0.1) is 0 Å². The summed E-state index contributed by atoms with van der Waals surface area (Å²) in [6, 6.07) is 0. The number of hydrogen-bond acceptors (Lipinski definition) is 6. The maximum atomic E-state index is 5.59. The molecule has 0 fully saturated rings. The molecule has 0 aliphatic rings. The van der Waals surface area contributed by atoms with E-state index in [1.54, 1.807) is 0 Å². The average molecular weight is 238 g/mol. The zero-order valence-corrected chi connectivity index (χ0v) is 11.0. The van der Waals surface area contributed by atoms with Crippen LogP contribution in [0.2, 0.25) is 0 Å². The smallest absolute Gasteiger partial charge is 0.231 e. The lowest BCUT2D eigenvalue weighted by molar-refractivity contribution is 0.544. The molecule has 0 radical (unpaired) electrons. The van der Waals surface area contributed by atoms with Crippen molar-refractivity contribution in [2.24, 2.45) is 11.8 Å². The molecule has 0 spiro atoms. The van der Waals surface area contributed by atoms with Gasteiger partial charge in [-0.1, -0.05) is 27.7 Å². The Kier molecular flexibility index (Phi) is 4.48. The molecule has 0 aliphatic heterocycles. The summed E-state index contributed by atoms with van der Waals surface area (Å²) >= 11 is 0. The number of rotatable bonds is 5. The quantitative estimate of drug-likeness (QED) is 0.799. The van der Waals surface area contributed by atoms with E-state index in [1.165, 1.54) is 0 Å². The molecule has 1 rings (SSSR count). The van der Waals surface area contributed by atoms with Crippen LogP contribution < -0.4 is 16.4 Å². The van der Waals surface area contributed by atoms with E-state index in [-0.39, 0.29) is 11.9 Å². The molecule has 4 N–H and O–H groups in total. The topological polar surface area (TPSA) is 94.0 Å². The van der Waals surface area contributed by atoms with Gasteiger partial charge >= 0.3 is 0 Å². The Morgan fingerprint density at radius 1 is 0.882 bits per heavy atom. The van der Waals surface area contributed by atoms with Crippen molar-refractivity contribution in [3.63, 3.8) is 0 Å². The van der Waals surface area contributed by atoms with Crippen LogP contribution in [0.5, 0.6) is 0 Å². The van der Waals surface area contributed by atoms with Gasteiger partial charge in [0.1, 0.15) is 0 Å². The van der Waals surface area contributed by atoms with Gasteiger partial charge in [-0.3, -0.25) is 0 Å². The van der Waals surface area contributed by atoms with Crippen LogP contribution in [0, 0.1) is 11.8 Å². The zero-order valence-electron chi connectivity index (χ0n) is 11.0. The van der Waals surface area contributed by atoms with Gasteiger partial charge in [-0.25, -0.2) is 0 Å². The molecule has 0 amide bonds. The fourth-order valence-corrected chi connectivity index (χ4v) is 1.66. The summed E-state index contributed by atoms with van der Waals surface area (Å²) in [5.74, 6) is 1.95. The molecule has 0 unspecified atom stereocenters.